The van der Waals surface area contributed by atoms with Crippen molar-refractivity contribution in [3.8, 4) is 0 Å². The minimum atomic E-state index is -1.28. The van der Waals surface area contributed by atoms with Crippen LogP contribution in [0.25, 0.3) is 0 Å². The topological polar surface area (TPSA) is 118 Å². The minimum Gasteiger partial charge on any atom is -0.394 e. The first-order valence-electron chi connectivity index (χ1n) is 6.11. The summed E-state index contributed by atoms with van der Waals surface area (Å²) < 4.78 is 21.1. The van der Waals surface area contributed by atoms with Gasteiger partial charge in [-0.2, -0.15) is 0 Å². The van der Waals surface area contributed by atoms with Crippen LogP contribution in [-0.2, 0) is 18.9 Å². The molecular weight excluding hydrogens is 260 g/mol. The summed E-state index contributed by atoms with van der Waals surface area (Å²) in [4.78, 5) is 0. The van der Waals surface area contributed by atoms with Gasteiger partial charge < -0.3 is 39.4 Å². The van der Waals surface area contributed by atoms with E-state index in [-0.39, 0.29) is 66.1 Å². The van der Waals surface area contributed by atoms with E-state index >= 15 is 0 Å². The molecule has 0 saturated heterocycles. The average molecular weight is 284 g/mol. The third-order valence-corrected chi connectivity index (χ3v) is 2.03. The van der Waals surface area contributed by atoms with Gasteiger partial charge in [0, 0.05) is 0 Å². The van der Waals surface area contributed by atoms with Crippen LogP contribution < -0.4 is 0 Å². The molecule has 0 heterocycles. The number of ether oxygens (including phenoxy) is 4. The molecule has 19 heavy (non-hydrogen) atoms. The normalized spacial score (nSPS) is 12.0. The van der Waals surface area contributed by atoms with E-state index < -0.39 is 5.79 Å². The molecule has 0 aliphatic rings. The Bertz CT molecular complexity index is 170. The van der Waals surface area contributed by atoms with Crippen molar-refractivity contribution in [2.45, 2.75) is 5.79 Å². The van der Waals surface area contributed by atoms with Gasteiger partial charge in [-0.1, -0.05) is 0 Å². The molecule has 0 fully saturated rings. The van der Waals surface area contributed by atoms with Gasteiger partial charge in [-0.25, -0.2) is 0 Å². The molecule has 0 radical (unpaired) electrons. The van der Waals surface area contributed by atoms with Crippen LogP contribution in [0.5, 0.6) is 0 Å². The Morgan fingerprint density at radius 2 is 0.947 bits per heavy atom. The quantitative estimate of drug-likeness (QED) is 0.208. The highest BCUT2D eigenvalue weighted by Gasteiger charge is 2.33. The molecule has 0 unspecified atom stereocenters. The van der Waals surface area contributed by atoms with Crippen LogP contribution in [0, 0.1) is 0 Å². The molecule has 0 aromatic heterocycles. The van der Waals surface area contributed by atoms with Crippen LogP contribution in [0.15, 0.2) is 0 Å². The molecule has 0 aliphatic carbocycles. The predicted molar refractivity (Wildman–Crippen MR) is 64.6 cm³/mol. The van der Waals surface area contributed by atoms with E-state index in [9.17, 15) is 0 Å². The van der Waals surface area contributed by atoms with Crippen LogP contribution in [0.4, 0.5) is 0 Å². The first kappa shape index (κ1) is 18.7. The fraction of sp³-hybridized carbons (Fsp3) is 1.00. The Labute approximate surface area is 112 Å². The lowest BCUT2D eigenvalue weighted by molar-refractivity contribution is -0.287. The highest BCUT2D eigenvalue weighted by molar-refractivity contribution is 4.70. The molecule has 0 spiro atoms. The number of aliphatic hydroxyl groups excluding tert-OH is 4. The molecule has 116 valence electrons. The summed E-state index contributed by atoms with van der Waals surface area (Å²) in [6.45, 7) is -0.528. The highest BCUT2D eigenvalue weighted by atomic mass is 16.7. The molecule has 0 aromatic rings. The second-order valence-electron chi connectivity index (χ2n) is 3.61. The van der Waals surface area contributed by atoms with E-state index in [1.807, 2.05) is 0 Å². The van der Waals surface area contributed by atoms with E-state index in [2.05, 4.69) is 0 Å². The molecule has 4 N–H and O–H groups in total. The van der Waals surface area contributed by atoms with Gasteiger partial charge in [0.1, 0.15) is 13.2 Å². The van der Waals surface area contributed by atoms with Crippen molar-refractivity contribution in [1.82, 2.24) is 0 Å². The molecule has 8 nitrogen and oxygen atoms in total. The van der Waals surface area contributed by atoms with Gasteiger partial charge in [0.05, 0.1) is 52.9 Å². The summed E-state index contributed by atoms with van der Waals surface area (Å²) >= 11 is 0. The Kier molecular flexibility index (Phi) is 12.5. The standard InChI is InChI=1S/C11H24O8/c12-1-5-16-9-11(18-7-3-14,19-8-4-15)10-17-6-2-13/h12-15H,1-10H2. The molecule has 0 aliphatic heterocycles. The highest BCUT2D eigenvalue weighted by Crippen LogP contribution is 2.15. The van der Waals surface area contributed by atoms with Gasteiger partial charge >= 0.3 is 0 Å². The van der Waals surface area contributed by atoms with Gasteiger partial charge in [-0.05, 0) is 0 Å². The Balaban J connectivity index is 4.44. The first-order valence-corrected chi connectivity index (χ1v) is 6.11. The van der Waals surface area contributed by atoms with Crippen LogP contribution >= 0.6 is 0 Å². The van der Waals surface area contributed by atoms with E-state index in [4.69, 9.17) is 39.4 Å². The van der Waals surface area contributed by atoms with Gasteiger partial charge in [0.25, 0.3) is 0 Å². The molecule has 0 saturated carbocycles. The maximum absolute atomic E-state index is 8.81. The lowest BCUT2D eigenvalue weighted by atomic mass is 10.3. The maximum Gasteiger partial charge on any atom is 0.216 e. The number of rotatable bonds is 14. The summed E-state index contributed by atoms with van der Waals surface area (Å²) in [6.07, 6.45) is 0. The SMILES string of the molecule is OCCOCC(COCCO)(OCCO)OCCO. The second-order valence-corrected chi connectivity index (χ2v) is 3.61. The van der Waals surface area contributed by atoms with E-state index in [0.717, 1.165) is 0 Å². The molecule has 0 rings (SSSR count). The molecule has 0 aromatic carbocycles. The van der Waals surface area contributed by atoms with Crippen molar-refractivity contribution in [3.63, 3.8) is 0 Å². The van der Waals surface area contributed by atoms with Gasteiger partial charge in [-0.3, -0.25) is 0 Å². The summed E-state index contributed by atoms with van der Waals surface area (Å²) in [5.41, 5.74) is 0. The van der Waals surface area contributed by atoms with Crippen LogP contribution in [0.1, 0.15) is 0 Å². The largest absolute Gasteiger partial charge is 0.394 e. The number of aliphatic hydroxyl groups is 4. The number of hydrogen-bond donors (Lipinski definition) is 4. The fourth-order valence-corrected chi connectivity index (χ4v) is 1.30. The second kappa shape index (κ2) is 12.7. The van der Waals surface area contributed by atoms with Gasteiger partial charge in [0.2, 0.25) is 5.79 Å². The zero-order valence-corrected chi connectivity index (χ0v) is 11.0. The summed E-state index contributed by atoms with van der Waals surface area (Å²) in [5.74, 6) is -1.28. The lowest BCUT2D eigenvalue weighted by Gasteiger charge is -2.33. The van der Waals surface area contributed by atoms with Crippen LogP contribution in [0.3, 0.4) is 0 Å². The molecule has 8 heteroatoms. The first-order chi connectivity index (χ1) is 9.24. The summed E-state index contributed by atoms with van der Waals surface area (Å²) in [7, 11) is 0. The van der Waals surface area contributed by atoms with Gasteiger partial charge in [0.15, 0.2) is 0 Å². The van der Waals surface area contributed by atoms with Crippen molar-refractivity contribution >= 4 is 0 Å². The lowest BCUT2D eigenvalue weighted by Crippen LogP contribution is -2.47. The van der Waals surface area contributed by atoms with Crippen molar-refractivity contribution in [1.29, 1.82) is 0 Å². The third kappa shape index (κ3) is 9.25. The Morgan fingerprint density at radius 3 is 1.26 bits per heavy atom. The summed E-state index contributed by atoms with van der Waals surface area (Å²) in [6, 6.07) is 0. The Hall–Kier alpha value is -0.320. The van der Waals surface area contributed by atoms with Crippen molar-refractivity contribution < 1.29 is 39.4 Å². The Morgan fingerprint density at radius 1 is 0.579 bits per heavy atom. The smallest absolute Gasteiger partial charge is 0.216 e. The van der Waals surface area contributed by atoms with Gasteiger partial charge in [-0.15, -0.1) is 0 Å². The van der Waals surface area contributed by atoms with E-state index in [0.29, 0.717) is 0 Å². The van der Waals surface area contributed by atoms with Crippen molar-refractivity contribution in [2.75, 3.05) is 66.1 Å². The molecule has 0 amide bonds. The fourth-order valence-electron chi connectivity index (χ4n) is 1.30. The monoisotopic (exact) mass is 284 g/mol. The van der Waals surface area contributed by atoms with Crippen LogP contribution in [0.2, 0.25) is 0 Å². The average Bonchev–Trinajstić information content (AvgIpc) is 2.43. The third-order valence-electron chi connectivity index (χ3n) is 2.03. The molecule has 0 bridgehead atoms. The predicted octanol–water partition coefficient (Wildman–Crippen LogP) is -2.28. The van der Waals surface area contributed by atoms with Crippen LogP contribution in [-0.4, -0.2) is 92.3 Å². The number of hydrogen-bond acceptors (Lipinski definition) is 8. The molecular formula is C11H24O8. The zero-order valence-electron chi connectivity index (χ0n) is 11.0. The van der Waals surface area contributed by atoms with E-state index in [1.165, 1.54) is 0 Å². The maximum atomic E-state index is 8.81. The molecule has 0 atom stereocenters. The van der Waals surface area contributed by atoms with Crippen molar-refractivity contribution in [2.24, 2.45) is 0 Å². The zero-order chi connectivity index (χ0) is 14.4. The van der Waals surface area contributed by atoms with E-state index in [1.54, 1.807) is 0 Å². The van der Waals surface area contributed by atoms with Crippen molar-refractivity contribution in [3.05, 3.63) is 0 Å². The minimum absolute atomic E-state index is 0.0103. The summed E-state index contributed by atoms with van der Waals surface area (Å²) in [5, 5.41) is 35.0.